The fourth-order valence-corrected chi connectivity index (χ4v) is 1.99. The van der Waals surface area contributed by atoms with Crippen LogP contribution in [0.3, 0.4) is 0 Å². The molecule has 0 saturated carbocycles. The topological polar surface area (TPSA) is 43.1 Å². The van der Waals surface area contributed by atoms with Crippen LogP contribution >= 0.6 is 11.8 Å². The molecule has 0 radical (unpaired) electrons. The highest BCUT2D eigenvalue weighted by molar-refractivity contribution is 8.00. The third kappa shape index (κ3) is 6.21. The second kappa shape index (κ2) is 5.95. The number of halogens is 3. The lowest BCUT2D eigenvalue weighted by Gasteiger charge is -2.07. The maximum absolute atomic E-state index is 12.1. The van der Waals surface area contributed by atoms with E-state index in [9.17, 15) is 18.0 Å². The molecule has 0 heterocycles. The molecule has 0 unspecified atom stereocenters. The molecule has 1 amide bonds. The van der Waals surface area contributed by atoms with E-state index < -0.39 is 11.4 Å². The Bertz CT molecular complexity index is 393. The summed E-state index contributed by atoms with van der Waals surface area (Å²) in [6.07, 6.45) is 1.35. The molecule has 2 nitrogen and oxygen atoms in total. The van der Waals surface area contributed by atoms with Crippen LogP contribution in [-0.4, -0.2) is 11.4 Å². The van der Waals surface area contributed by atoms with Gasteiger partial charge in [0.1, 0.15) is 0 Å². The SMILES string of the molecule is NC(=O)CCCc1cccc(SC(F)(F)F)c1. The van der Waals surface area contributed by atoms with E-state index >= 15 is 0 Å². The number of rotatable bonds is 5. The lowest BCUT2D eigenvalue weighted by atomic mass is 10.1. The van der Waals surface area contributed by atoms with Crippen molar-refractivity contribution in [1.29, 1.82) is 0 Å². The van der Waals surface area contributed by atoms with Crippen LogP contribution in [0.2, 0.25) is 0 Å². The van der Waals surface area contributed by atoms with Crippen molar-refractivity contribution in [1.82, 2.24) is 0 Å². The van der Waals surface area contributed by atoms with Crippen molar-refractivity contribution in [2.75, 3.05) is 0 Å². The minimum atomic E-state index is -4.27. The molecule has 0 fully saturated rings. The minimum Gasteiger partial charge on any atom is -0.370 e. The van der Waals surface area contributed by atoms with Gasteiger partial charge in [0.25, 0.3) is 0 Å². The summed E-state index contributed by atoms with van der Waals surface area (Å²) in [7, 11) is 0. The molecule has 94 valence electrons. The lowest BCUT2D eigenvalue weighted by Crippen LogP contribution is -2.10. The van der Waals surface area contributed by atoms with Gasteiger partial charge >= 0.3 is 5.51 Å². The quantitative estimate of drug-likeness (QED) is 0.829. The van der Waals surface area contributed by atoms with Crippen molar-refractivity contribution in [2.45, 2.75) is 29.7 Å². The standard InChI is InChI=1S/C11H12F3NOS/c12-11(13,14)17-9-5-1-3-8(7-9)4-2-6-10(15)16/h1,3,5,7H,2,4,6H2,(H2,15,16). The Morgan fingerprint density at radius 2 is 2.06 bits per heavy atom. The molecule has 1 aromatic rings. The first-order chi connectivity index (χ1) is 7.87. The predicted octanol–water partition coefficient (Wildman–Crippen LogP) is 3.11. The highest BCUT2D eigenvalue weighted by Gasteiger charge is 2.29. The van der Waals surface area contributed by atoms with Gasteiger partial charge in [-0.2, -0.15) is 13.2 Å². The van der Waals surface area contributed by atoms with Crippen molar-refractivity contribution < 1.29 is 18.0 Å². The van der Waals surface area contributed by atoms with E-state index in [2.05, 4.69) is 0 Å². The summed E-state index contributed by atoms with van der Waals surface area (Å²) in [5.41, 5.74) is 1.48. The summed E-state index contributed by atoms with van der Waals surface area (Å²) in [5, 5.41) is 0. The fourth-order valence-electron chi connectivity index (χ4n) is 1.36. The van der Waals surface area contributed by atoms with Gasteiger partial charge in [0.15, 0.2) is 0 Å². The molecule has 0 aliphatic carbocycles. The fraction of sp³-hybridized carbons (Fsp3) is 0.364. The van der Waals surface area contributed by atoms with Gasteiger partial charge in [-0.1, -0.05) is 12.1 Å². The van der Waals surface area contributed by atoms with Crippen molar-refractivity contribution >= 4 is 17.7 Å². The van der Waals surface area contributed by atoms with E-state index in [-0.39, 0.29) is 23.1 Å². The first kappa shape index (κ1) is 13.9. The Morgan fingerprint density at radius 3 is 2.65 bits per heavy atom. The number of thioether (sulfide) groups is 1. The van der Waals surface area contributed by atoms with Crippen LogP contribution in [0, 0.1) is 0 Å². The molecular formula is C11H12F3NOS. The van der Waals surface area contributed by atoms with E-state index in [0.717, 1.165) is 5.56 Å². The van der Waals surface area contributed by atoms with Crippen molar-refractivity contribution in [3.8, 4) is 0 Å². The minimum absolute atomic E-state index is 0.137. The largest absolute Gasteiger partial charge is 0.446 e. The summed E-state index contributed by atoms with van der Waals surface area (Å²) >= 11 is -0.137. The van der Waals surface area contributed by atoms with Gasteiger partial charge in [0.2, 0.25) is 5.91 Å². The maximum atomic E-state index is 12.1. The van der Waals surface area contributed by atoms with E-state index in [1.165, 1.54) is 12.1 Å². The summed E-state index contributed by atoms with van der Waals surface area (Å²) in [5.74, 6) is -0.397. The number of nitrogens with two attached hydrogens (primary N) is 1. The second-order valence-electron chi connectivity index (χ2n) is 3.52. The highest BCUT2D eigenvalue weighted by atomic mass is 32.2. The summed E-state index contributed by atoms with van der Waals surface area (Å²) < 4.78 is 36.4. The van der Waals surface area contributed by atoms with Crippen LogP contribution in [0.5, 0.6) is 0 Å². The van der Waals surface area contributed by atoms with Gasteiger partial charge in [-0.25, -0.2) is 0 Å². The van der Waals surface area contributed by atoms with Gasteiger partial charge in [0.05, 0.1) is 0 Å². The molecule has 17 heavy (non-hydrogen) atoms. The number of hydrogen-bond donors (Lipinski definition) is 1. The molecule has 0 spiro atoms. The Labute approximate surface area is 101 Å². The summed E-state index contributed by atoms with van der Waals surface area (Å²) in [6, 6.07) is 6.21. The normalized spacial score (nSPS) is 11.5. The average molecular weight is 263 g/mol. The van der Waals surface area contributed by atoms with E-state index in [0.29, 0.717) is 12.8 Å². The summed E-state index contributed by atoms with van der Waals surface area (Å²) in [6.45, 7) is 0. The van der Waals surface area contributed by atoms with Gasteiger partial charge in [-0.3, -0.25) is 4.79 Å². The molecule has 1 rings (SSSR count). The van der Waals surface area contributed by atoms with Crippen LogP contribution in [0.4, 0.5) is 13.2 Å². The number of primary amides is 1. The highest BCUT2D eigenvalue weighted by Crippen LogP contribution is 2.37. The van der Waals surface area contributed by atoms with E-state index in [1.807, 2.05) is 0 Å². The zero-order chi connectivity index (χ0) is 12.9. The maximum Gasteiger partial charge on any atom is 0.446 e. The molecule has 0 aromatic heterocycles. The Morgan fingerprint density at radius 1 is 1.35 bits per heavy atom. The number of carbonyl (C=O) groups is 1. The third-order valence-electron chi connectivity index (χ3n) is 2.02. The molecule has 0 aliphatic heterocycles. The lowest BCUT2D eigenvalue weighted by molar-refractivity contribution is -0.118. The van der Waals surface area contributed by atoms with Gasteiger partial charge in [-0.05, 0) is 42.3 Å². The van der Waals surface area contributed by atoms with E-state index in [1.54, 1.807) is 12.1 Å². The van der Waals surface area contributed by atoms with Crippen molar-refractivity contribution in [2.24, 2.45) is 5.73 Å². The Balaban J connectivity index is 2.57. The Kier molecular flexibility index (Phi) is 4.86. The van der Waals surface area contributed by atoms with Crippen LogP contribution in [-0.2, 0) is 11.2 Å². The van der Waals surface area contributed by atoms with Crippen LogP contribution in [0.1, 0.15) is 18.4 Å². The molecule has 0 bridgehead atoms. The third-order valence-corrected chi connectivity index (χ3v) is 2.74. The van der Waals surface area contributed by atoms with E-state index in [4.69, 9.17) is 5.73 Å². The Hall–Kier alpha value is -1.17. The van der Waals surface area contributed by atoms with Gasteiger partial charge in [0, 0.05) is 11.3 Å². The monoisotopic (exact) mass is 263 g/mol. The van der Waals surface area contributed by atoms with Crippen LogP contribution in [0.15, 0.2) is 29.2 Å². The second-order valence-corrected chi connectivity index (χ2v) is 4.65. The first-order valence-corrected chi connectivity index (χ1v) is 5.81. The number of hydrogen-bond acceptors (Lipinski definition) is 2. The zero-order valence-electron chi connectivity index (χ0n) is 8.96. The molecule has 0 saturated heterocycles. The predicted molar refractivity (Wildman–Crippen MR) is 60.5 cm³/mol. The zero-order valence-corrected chi connectivity index (χ0v) is 9.77. The van der Waals surface area contributed by atoms with Crippen LogP contribution < -0.4 is 5.73 Å². The number of aryl methyl sites for hydroxylation is 1. The molecular weight excluding hydrogens is 251 g/mol. The molecule has 1 aromatic carbocycles. The first-order valence-electron chi connectivity index (χ1n) is 5.00. The van der Waals surface area contributed by atoms with Crippen molar-refractivity contribution in [3.63, 3.8) is 0 Å². The van der Waals surface area contributed by atoms with Gasteiger partial charge in [-0.15, -0.1) is 0 Å². The van der Waals surface area contributed by atoms with Gasteiger partial charge < -0.3 is 5.73 Å². The molecule has 0 aliphatic rings. The molecule has 2 N–H and O–H groups in total. The van der Waals surface area contributed by atoms with Crippen LogP contribution in [0.25, 0.3) is 0 Å². The number of benzene rings is 1. The summed E-state index contributed by atoms with van der Waals surface area (Å²) in [4.78, 5) is 10.7. The average Bonchev–Trinajstić information content (AvgIpc) is 2.14. The molecule has 0 atom stereocenters. The molecule has 6 heteroatoms. The smallest absolute Gasteiger partial charge is 0.370 e. The number of amides is 1. The number of alkyl halides is 3. The van der Waals surface area contributed by atoms with Crippen molar-refractivity contribution in [3.05, 3.63) is 29.8 Å². The number of carbonyl (C=O) groups excluding carboxylic acids is 1.